The van der Waals surface area contributed by atoms with Gasteiger partial charge < -0.3 is 5.11 Å². The minimum Gasteiger partial charge on any atom is -0.477 e. The lowest BCUT2D eigenvalue weighted by Gasteiger charge is -2.07. The molecule has 1 aromatic carbocycles. The van der Waals surface area contributed by atoms with Gasteiger partial charge in [-0.3, -0.25) is 0 Å². The van der Waals surface area contributed by atoms with Crippen LogP contribution in [0.25, 0.3) is 10.9 Å². The van der Waals surface area contributed by atoms with E-state index in [1.165, 1.54) is 30.6 Å². The maximum absolute atomic E-state index is 12.5. The minimum absolute atomic E-state index is 0.127. The number of carbonyl (C=O) groups is 1. The second kappa shape index (κ2) is 4.71. The lowest BCUT2D eigenvalue weighted by Crippen LogP contribution is -2.12. The Kier molecular flexibility index (Phi) is 2.99. The molecule has 0 fully saturated rings. The van der Waals surface area contributed by atoms with E-state index in [2.05, 4.69) is 4.98 Å². The summed E-state index contributed by atoms with van der Waals surface area (Å²) in [6, 6.07) is 10.9. The molecule has 0 aliphatic rings. The summed E-state index contributed by atoms with van der Waals surface area (Å²) in [6.45, 7) is 0. The van der Waals surface area contributed by atoms with Crippen molar-refractivity contribution in [3.63, 3.8) is 0 Å². The van der Waals surface area contributed by atoms with Gasteiger partial charge in [0.15, 0.2) is 0 Å². The number of carboxylic acids is 1. The third kappa shape index (κ3) is 2.17. The van der Waals surface area contributed by atoms with Crippen LogP contribution in [0.4, 0.5) is 0 Å². The molecule has 1 N–H and O–H groups in total. The summed E-state index contributed by atoms with van der Waals surface area (Å²) >= 11 is 0. The second-order valence-corrected chi connectivity index (χ2v) is 6.18. The van der Waals surface area contributed by atoms with Crippen molar-refractivity contribution in [2.45, 2.75) is 4.90 Å². The molecule has 2 aromatic heterocycles. The highest BCUT2D eigenvalue weighted by molar-refractivity contribution is 7.90. The number of benzene rings is 1. The van der Waals surface area contributed by atoms with Crippen LogP contribution in [0.5, 0.6) is 0 Å². The van der Waals surface area contributed by atoms with Crippen molar-refractivity contribution in [3.8, 4) is 0 Å². The third-order valence-corrected chi connectivity index (χ3v) is 4.76. The van der Waals surface area contributed by atoms with Crippen LogP contribution >= 0.6 is 0 Å². The van der Waals surface area contributed by atoms with E-state index in [1.54, 1.807) is 24.3 Å². The lowest BCUT2D eigenvalue weighted by molar-refractivity contribution is 0.0690. The van der Waals surface area contributed by atoms with Gasteiger partial charge in [-0.1, -0.05) is 18.2 Å². The van der Waals surface area contributed by atoms with Crippen LogP contribution in [0, 0.1) is 0 Å². The molecule has 7 heteroatoms. The summed E-state index contributed by atoms with van der Waals surface area (Å²) in [4.78, 5) is 14.8. The van der Waals surface area contributed by atoms with E-state index in [4.69, 9.17) is 5.11 Å². The van der Waals surface area contributed by atoms with Gasteiger partial charge in [-0.2, -0.15) is 0 Å². The minimum atomic E-state index is -3.73. The van der Waals surface area contributed by atoms with Gasteiger partial charge in [0.05, 0.1) is 16.6 Å². The fraction of sp³-hybridized carbons (Fsp3) is 0. The first-order chi connectivity index (χ1) is 10.00. The summed E-state index contributed by atoms with van der Waals surface area (Å²) < 4.78 is 26.2. The van der Waals surface area contributed by atoms with E-state index in [1.807, 2.05) is 0 Å². The molecule has 0 atom stereocenters. The van der Waals surface area contributed by atoms with Gasteiger partial charge >= 0.3 is 5.97 Å². The number of aromatic nitrogens is 2. The molecular weight excluding hydrogens is 292 g/mol. The van der Waals surface area contributed by atoms with Gasteiger partial charge in [-0.15, -0.1) is 0 Å². The van der Waals surface area contributed by atoms with Gasteiger partial charge in [0, 0.05) is 11.6 Å². The molecule has 0 spiro atoms. The van der Waals surface area contributed by atoms with Crippen molar-refractivity contribution >= 4 is 26.9 Å². The highest BCUT2D eigenvalue weighted by Crippen LogP contribution is 2.22. The molecule has 6 nitrogen and oxygen atoms in total. The second-order valence-electron chi connectivity index (χ2n) is 4.36. The molecule has 0 unspecified atom stereocenters. The fourth-order valence-corrected chi connectivity index (χ4v) is 3.40. The van der Waals surface area contributed by atoms with E-state index >= 15 is 0 Å². The molecule has 3 aromatic rings. The maximum atomic E-state index is 12.5. The molecule has 0 radical (unpaired) electrons. The molecule has 106 valence electrons. The Labute approximate surface area is 120 Å². The first-order valence-corrected chi connectivity index (χ1v) is 7.45. The number of carboxylic acid groups (broad SMARTS) is 1. The van der Waals surface area contributed by atoms with E-state index in [-0.39, 0.29) is 10.6 Å². The Morgan fingerprint density at radius 1 is 1.14 bits per heavy atom. The van der Waals surface area contributed by atoms with Crippen LogP contribution in [0.1, 0.15) is 10.5 Å². The predicted molar refractivity (Wildman–Crippen MR) is 75.7 cm³/mol. The summed E-state index contributed by atoms with van der Waals surface area (Å²) in [5.74, 6) is -1.16. The number of hydrogen-bond acceptors (Lipinski definition) is 4. The predicted octanol–water partition coefficient (Wildman–Crippen LogP) is 1.97. The Morgan fingerprint density at radius 3 is 2.52 bits per heavy atom. The van der Waals surface area contributed by atoms with E-state index in [0.29, 0.717) is 10.9 Å². The van der Waals surface area contributed by atoms with Gasteiger partial charge in [-0.25, -0.2) is 22.2 Å². The Bertz CT molecular complexity index is 930. The zero-order valence-electron chi connectivity index (χ0n) is 10.7. The quantitative estimate of drug-likeness (QED) is 0.799. The largest absolute Gasteiger partial charge is 0.477 e. The summed E-state index contributed by atoms with van der Waals surface area (Å²) in [7, 11) is -3.73. The van der Waals surface area contributed by atoms with E-state index in [0.717, 1.165) is 3.97 Å². The average molecular weight is 302 g/mol. The molecule has 2 heterocycles. The van der Waals surface area contributed by atoms with Gasteiger partial charge in [0.2, 0.25) is 0 Å². The number of hydrogen-bond donors (Lipinski definition) is 1. The molecule has 0 saturated carbocycles. The standard InChI is InChI=1S/C14H10N2O4S/c17-14(18)12-8-10-6-7-16(13(10)9-15-12)21(19,20)11-4-2-1-3-5-11/h1-9H,(H,17,18). The summed E-state index contributed by atoms with van der Waals surface area (Å²) in [5.41, 5.74) is 0.209. The van der Waals surface area contributed by atoms with Crippen molar-refractivity contribution in [2.75, 3.05) is 0 Å². The molecule has 3 rings (SSSR count). The maximum Gasteiger partial charge on any atom is 0.354 e. The lowest BCUT2D eigenvalue weighted by atomic mass is 10.3. The monoisotopic (exact) mass is 302 g/mol. The SMILES string of the molecule is O=C(O)c1cc2ccn(S(=O)(=O)c3ccccc3)c2cn1. The van der Waals surface area contributed by atoms with Crippen molar-refractivity contribution < 1.29 is 18.3 Å². The Hall–Kier alpha value is -2.67. The normalized spacial score (nSPS) is 11.6. The number of pyridine rings is 1. The molecule has 0 aliphatic heterocycles. The highest BCUT2D eigenvalue weighted by Gasteiger charge is 2.19. The van der Waals surface area contributed by atoms with Crippen molar-refractivity contribution in [1.82, 2.24) is 8.96 Å². The number of fused-ring (bicyclic) bond motifs is 1. The van der Waals surface area contributed by atoms with Crippen LogP contribution in [0.15, 0.2) is 59.8 Å². The van der Waals surface area contributed by atoms with Gasteiger partial charge in [0.25, 0.3) is 10.0 Å². The molecule has 0 amide bonds. The summed E-state index contributed by atoms with van der Waals surface area (Å²) in [6.07, 6.45) is 2.64. The topological polar surface area (TPSA) is 89.3 Å². The average Bonchev–Trinajstić information content (AvgIpc) is 2.91. The van der Waals surface area contributed by atoms with Crippen molar-refractivity contribution in [1.29, 1.82) is 0 Å². The molecular formula is C14H10N2O4S. The van der Waals surface area contributed by atoms with E-state index in [9.17, 15) is 13.2 Å². The summed E-state index contributed by atoms with van der Waals surface area (Å²) in [5, 5.41) is 9.40. The van der Waals surface area contributed by atoms with Crippen LogP contribution < -0.4 is 0 Å². The zero-order valence-corrected chi connectivity index (χ0v) is 11.5. The molecule has 21 heavy (non-hydrogen) atoms. The van der Waals surface area contributed by atoms with Crippen LogP contribution in [-0.2, 0) is 10.0 Å². The van der Waals surface area contributed by atoms with Crippen molar-refractivity contribution in [2.24, 2.45) is 0 Å². The van der Waals surface area contributed by atoms with E-state index < -0.39 is 16.0 Å². The first-order valence-electron chi connectivity index (χ1n) is 6.01. The van der Waals surface area contributed by atoms with Gasteiger partial charge in [-0.05, 0) is 24.3 Å². The number of aromatic carboxylic acids is 1. The Balaban J connectivity index is 2.20. The smallest absolute Gasteiger partial charge is 0.354 e. The fourth-order valence-electron chi connectivity index (χ4n) is 2.04. The number of rotatable bonds is 3. The van der Waals surface area contributed by atoms with Crippen molar-refractivity contribution in [3.05, 3.63) is 60.6 Å². The first kappa shape index (κ1) is 13.3. The van der Waals surface area contributed by atoms with Gasteiger partial charge in [0.1, 0.15) is 5.69 Å². The molecule has 0 bridgehead atoms. The highest BCUT2D eigenvalue weighted by atomic mass is 32.2. The van der Waals surface area contributed by atoms with Crippen LogP contribution in [-0.4, -0.2) is 28.5 Å². The Morgan fingerprint density at radius 2 is 1.86 bits per heavy atom. The number of nitrogens with zero attached hydrogens (tertiary/aromatic N) is 2. The van der Waals surface area contributed by atoms with Crippen LogP contribution in [0.3, 0.4) is 0 Å². The zero-order chi connectivity index (χ0) is 15.0. The van der Waals surface area contributed by atoms with Crippen LogP contribution in [0.2, 0.25) is 0 Å². The third-order valence-electron chi connectivity index (χ3n) is 3.06. The molecule has 0 aliphatic carbocycles. The molecule has 0 saturated heterocycles.